The van der Waals surface area contributed by atoms with E-state index in [4.69, 9.17) is 4.74 Å². The SMILES string of the molecule is CCOC(=O)CCc1c(F)cccc1I. The number of benzene rings is 1. The molecule has 0 unspecified atom stereocenters. The van der Waals surface area contributed by atoms with E-state index in [9.17, 15) is 9.18 Å². The highest BCUT2D eigenvalue weighted by molar-refractivity contribution is 14.1. The number of hydrogen-bond acceptors (Lipinski definition) is 2. The smallest absolute Gasteiger partial charge is 0.306 e. The Bertz CT molecular complexity index is 332. The molecule has 1 aromatic rings. The molecule has 0 amide bonds. The second-order valence-electron chi connectivity index (χ2n) is 3.01. The van der Waals surface area contributed by atoms with Gasteiger partial charge in [-0.25, -0.2) is 4.39 Å². The van der Waals surface area contributed by atoms with Crippen molar-refractivity contribution in [2.45, 2.75) is 19.8 Å². The van der Waals surface area contributed by atoms with E-state index in [1.54, 1.807) is 13.0 Å². The maximum absolute atomic E-state index is 13.3. The second-order valence-corrected chi connectivity index (χ2v) is 4.17. The lowest BCUT2D eigenvalue weighted by Gasteiger charge is -2.05. The normalized spacial score (nSPS) is 10.1. The summed E-state index contributed by atoms with van der Waals surface area (Å²) < 4.78 is 19.0. The fraction of sp³-hybridized carbons (Fsp3) is 0.364. The summed E-state index contributed by atoms with van der Waals surface area (Å²) >= 11 is 2.06. The Morgan fingerprint density at radius 3 is 2.87 bits per heavy atom. The third-order valence-electron chi connectivity index (χ3n) is 1.95. The number of hydrogen-bond donors (Lipinski definition) is 0. The van der Waals surface area contributed by atoms with Crippen LogP contribution in [0.15, 0.2) is 18.2 Å². The quantitative estimate of drug-likeness (QED) is 0.629. The van der Waals surface area contributed by atoms with Crippen LogP contribution < -0.4 is 0 Å². The molecule has 0 aliphatic rings. The average Bonchev–Trinajstić information content (AvgIpc) is 2.17. The zero-order valence-electron chi connectivity index (χ0n) is 8.43. The first-order chi connectivity index (χ1) is 7.15. The molecule has 0 bridgehead atoms. The molecule has 1 aromatic carbocycles. The van der Waals surface area contributed by atoms with Gasteiger partial charge >= 0.3 is 5.97 Å². The van der Waals surface area contributed by atoms with Crippen LogP contribution in [0.3, 0.4) is 0 Å². The fourth-order valence-corrected chi connectivity index (χ4v) is 1.97. The molecule has 0 saturated carbocycles. The van der Waals surface area contributed by atoms with Gasteiger partial charge in [0.05, 0.1) is 6.61 Å². The van der Waals surface area contributed by atoms with E-state index in [1.165, 1.54) is 6.07 Å². The number of ether oxygens (including phenoxy) is 1. The second kappa shape index (κ2) is 6.05. The van der Waals surface area contributed by atoms with Crippen molar-refractivity contribution in [2.75, 3.05) is 6.61 Å². The minimum Gasteiger partial charge on any atom is -0.466 e. The van der Waals surface area contributed by atoms with Gasteiger partial charge in [0.15, 0.2) is 0 Å². The highest BCUT2D eigenvalue weighted by atomic mass is 127. The van der Waals surface area contributed by atoms with Crippen LogP contribution in [0.1, 0.15) is 18.9 Å². The van der Waals surface area contributed by atoms with Crippen LogP contribution in [0.25, 0.3) is 0 Å². The van der Waals surface area contributed by atoms with Gasteiger partial charge in [0.1, 0.15) is 5.82 Å². The van der Waals surface area contributed by atoms with Crippen molar-refractivity contribution in [3.8, 4) is 0 Å². The molecular weight excluding hydrogens is 310 g/mol. The molecule has 0 fully saturated rings. The van der Waals surface area contributed by atoms with E-state index >= 15 is 0 Å². The van der Waals surface area contributed by atoms with Gasteiger partial charge in [-0.1, -0.05) is 6.07 Å². The molecule has 0 spiro atoms. The van der Waals surface area contributed by atoms with E-state index in [1.807, 2.05) is 6.07 Å². The third kappa shape index (κ3) is 3.77. The molecule has 0 aliphatic heterocycles. The largest absolute Gasteiger partial charge is 0.466 e. The Morgan fingerprint density at radius 2 is 2.27 bits per heavy atom. The Morgan fingerprint density at radius 1 is 1.53 bits per heavy atom. The van der Waals surface area contributed by atoms with Crippen molar-refractivity contribution in [1.82, 2.24) is 0 Å². The van der Waals surface area contributed by atoms with Crippen LogP contribution in [0.4, 0.5) is 4.39 Å². The van der Waals surface area contributed by atoms with E-state index in [0.29, 0.717) is 18.6 Å². The number of halogens is 2. The Labute approximate surface area is 102 Å². The van der Waals surface area contributed by atoms with Crippen molar-refractivity contribution in [2.24, 2.45) is 0 Å². The molecular formula is C11H12FIO2. The topological polar surface area (TPSA) is 26.3 Å². The lowest BCUT2D eigenvalue weighted by molar-refractivity contribution is -0.143. The number of carbonyl (C=O) groups is 1. The summed E-state index contributed by atoms with van der Waals surface area (Å²) in [6, 6.07) is 4.89. The molecule has 0 saturated heterocycles. The monoisotopic (exact) mass is 322 g/mol. The minimum atomic E-state index is -0.281. The molecule has 0 heterocycles. The van der Waals surface area contributed by atoms with E-state index in [2.05, 4.69) is 22.6 Å². The standard InChI is InChI=1S/C11H12FIO2/c1-2-15-11(14)7-6-8-9(12)4-3-5-10(8)13/h3-5H,2,6-7H2,1H3. The molecule has 1 rings (SSSR count). The van der Waals surface area contributed by atoms with Gasteiger partial charge in [-0.2, -0.15) is 0 Å². The van der Waals surface area contributed by atoms with Gasteiger partial charge < -0.3 is 4.74 Å². The predicted molar refractivity (Wildman–Crippen MR) is 64.1 cm³/mol. The summed E-state index contributed by atoms with van der Waals surface area (Å²) in [6.07, 6.45) is 0.620. The molecule has 0 aromatic heterocycles. The maximum Gasteiger partial charge on any atom is 0.306 e. The van der Waals surface area contributed by atoms with Gasteiger partial charge in [-0.3, -0.25) is 4.79 Å². The van der Waals surface area contributed by atoms with Crippen LogP contribution in [-0.4, -0.2) is 12.6 Å². The van der Waals surface area contributed by atoms with Crippen LogP contribution in [0.5, 0.6) is 0 Å². The van der Waals surface area contributed by atoms with Crippen molar-refractivity contribution in [1.29, 1.82) is 0 Å². The molecule has 0 atom stereocenters. The zero-order chi connectivity index (χ0) is 11.3. The van der Waals surface area contributed by atoms with Crippen molar-refractivity contribution in [3.63, 3.8) is 0 Å². The van der Waals surface area contributed by atoms with E-state index < -0.39 is 0 Å². The molecule has 15 heavy (non-hydrogen) atoms. The fourth-order valence-electron chi connectivity index (χ4n) is 1.23. The third-order valence-corrected chi connectivity index (χ3v) is 2.96. The van der Waals surface area contributed by atoms with Crippen molar-refractivity contribution < 1.29 is 13.9 Å². The van der Waals surface area contributed by atoms with Crippen LogP contribution in [0.2, 0.25) is 0 Å². The predicted octanol–water partition coefficient (Wildman–Crippen LogP) is 2.93. The first kappa shape index (κ1) is 12.4. The Kier molecular flexibility index (Phi) is 5.01. The molecule has 4 heteroatoms. The number of carbonyl (C=O) groups excluding carboxylic acids is 1. The molecule has 2 nitrogen and oxygen atoms in total. The van der Waals surface area contributed by atoms with Crippen LogP contribution >= 0.6 is 22.6 Å². The molecule has 82 valence electrons. The first-order valence-corrected chi connectivity index (χ1v) is 5.81. The number of esters is 1. The lowest BCUT2D eigenvalue weighted by Crippen LogP contribution is -2.06. The minimum absolute atomic E-state index is 0.227. The van der Waals surface area contributed by atoms with E-state index in [0.717, 1.165) is 3.57 Å². The van der Waals surface area contributed by atoms with Crippen LogP contribution in [-0.2, 0) is 16.0 Å². The van der Waals surface area contributed by atoms with Crippen LogP contribution in [0, 0.1) is 9.39 Å². The summed E-state index contributed by atoms with van der Waals surface area (Å²) in [5, 5.41) is 0. The summed E-state index contributed by atoms with van der Waals surface area (Å²) in [7, 11) is 0. The van der Waals surface area contributed by atoms with Gasteiger partial charge in [0.25, 0.3) is 0 Å². The zero-order valence-corrected chi connectivity index (χ0v) is 10.6. The van der Waals surface area contributed by atoms with E-state index in [-0.39, 0.29) is 18.2 Å². The lowest BCUT2D eigenvalue weighted by atomic mass is 10.1. The summed E-state index contributed by atoms with van der Waals surface area (Å²) in [6.45, 7) is 2.12. The Hall–Kier alpha value is -0.650. The average molecular weight is 322 g/mol. The number of rotatable bonds is 4. The van der Waals surface area contributed by atoms with Gasteiger partial charge in [-0.15, -0.1) is 0 Å². The Balaban J connectivity index is 2.61. The van der Waals surface area contributed by atoms with Gasteiger partial charge in [-0.05, 0) is 48.1 Å². The van der Waals surface area contributed by atoms with Gasteiger partial charge in [0, 0.05) is 15.6 Å². The highest BCUT2D eigenvalue weighted by Crippen LogP contribution is 2.17. The van der Waals surface area contributed by atoms with Gasteiger partial charge in [0.2, 0.25) is 0 Å². The summed E-state index contributed by atoms with van der Waals surface area (Å²) in [4.78, 5) is 11.1. The molecule has 0 aliphatic carbocycles. The maximum atomic E-state index is 13.3. The first-order valence-electron chi connectivity index (χ1n) is 4.73. The molecule has 0 radical (unpaired) electrons. The highest BCUT2D eigenvalue weighted by Gasteiger charge is 2.09. The van der Waals surface area contributed by atoms with Crippen molar-refractivity contribution >= 4 is 28.6 Å². The summed E-state index contributed by atoms with van der Waals surface area (Å²) in [5.41, 5.74) is 0.589. The van der Waals surface area contributed by atoms with Crippen molar-refractivity contribution in [3.05, 3.63) is 33.1 Å². The molecule has 0 N–H and O–H groups in total. The summed E-state index contributed by atoms with van der Waals surface area (Å²) in [5.74, 6) is -0.539.